The zero-order valence-corrected chi connectivity index (χ0v) is 7.63. The highest BCUT2D eigenvalue weighted by Gasteiger charge is 2.24. The monoisotopic (exact) mass is 191 g/mol. The lowest BCUT2D eigenvalue weighted by molar-refractivity contribution is -0.115. The molecule has 0 saturated heterocycles. The van der Waals surface area contributed by atoms with Gasteiger partial charge >= 0.3 is 0 Å². The van der Waals surface area contributed by atoms with E-state index in [0.717, 1.165) is 0 Å². The standard InChI is InChI=1S/C10H9NO3/c1-5(12)6-2-3-8(13)7-4-9(14)11-10(6)7/h2-3,13H,4H2,1H3,(H,11,14). The summed E-state index contributed by atoms with van der Waals surface area (Å²) in [5.41, 5.74) is 1.42. The van der Waals surface area contributed by atoms with E-state index >= 15 is 0 Å². The Bertz CT molecular complexity index is 437. The topological polar surface area (TPSA) is 66.4 Å². The van der Waals surface area contributed by atoms with Crippen molar-refractivity contribution in [3.63, 3.8) is 0 Å². The maximum absolute atomic E-state index is 11.2. The molecule has 1 aliphatic rings. The van der Waals surface area contributed by atoms with E-state index in [1.807, 2.05) is 0 Å². The SMILES string of the molecule is CC(=O)c1ccc(O)c2c1NC(=O)C2. The van der Waals surface area contributed by atoms with Gasteiger partial charge < -0.3 is 10.4 Å². The lowest BCUT2D eigenvalue weighted by Crippen LogP contribution is -2.06. The summed E-state index contributed by atoms with van der Waals surface area (Å²) in [5.74, 6) is -0.254. The maximum atomic E-state index is 11.2. The fourth-order valence-corrected chi connectivity index (χ4v) is 1.60. The van der Waals surface area contributed by atoms with Crippen LogP contribution in [0.25, 0.3) is 0 Å². The predicted octanol–water partition coefficient (Wildman–Crippen LogP) is 1.09. The van der Waals surface area contributed by atoms with Crippen LogP contribution < -0.4 is 5.32 Å². The molecule has 0 atom stereocenters. The molecule has 4 nitrogen and oxygen atoms in total. The second-order valence-electron chi connectivity index (χ2n) is 3.27. The molecular weight excluding hydrogens is 182 g/mol. The number of hydrogen-bond acceptors (Lipinski definition) is 3. The Kier molecular flexibility index (Phi) is 1.77. The minimum absolute atomic E-state index is 0.0587. The fraction of sp³-hybridized carbons (Fsp3) is 0.200. The van der Waals surface area contributed by atoms with Crippen LogP contribution in [0, 0.1) is 0 Å². The van der Waals surface area contributed by atoms with E-state index in [1.54, 1.807) is 0 Å². The Labute approximate surface area is 80.6 Å². The molecule has 0 fully saturated rings. The number of phenols is 1. The van der Waals surface area contributed by atoms with Crippen LogP contribution in [0.3, 0.4) is 0 Å². The van der Waals surface area contributed by atoms with Crippen molar-refractivity contribution in [3.8, 4) is 5.75 Å². The summed E-state index contributed by atoms with van der Waals surface area (Å²) in [4.78, 5) is 22.3. The number of nitrogens with one attached hydrogen (secondary N) is 1. The largest absolute Gasteiger partial charge is 0.508 e. The molecule has 2 N–H and O–H groups in total. The van der Waals surface area contributed by atoms with E-state index in [2.05, 4.69) is 5.32 Å². The number of benzene rings is 1. The van der Waals surface area contributed by atoms with Crippen LogP contribution in [0.1, 0.15) is 22.8 Å². The van der Waals surface area contributed by atoms with Crippen LogP contribution in [0.15, 0.2) is 12.1 Å². The maximum Gasteiger partial charge on any atom is 0.229 e. The Morgan fingerprint density at radius 1 is 1.50 bits per heavy atom. The van der Waals surface area contributed by atoms with E-state index in [9.17, 15) is 14.7 Å². The lowest BCUT2D eigenvalue weighted by Gasteiger charge is -2.05. The Hall–Kier alpha value is -1.84. The number of fused-ring (bicyclic) bond motifs is 1. The van der Waals surface area contributed by atoms with Crippen molar-refractivity contribution in [3.05, 3.63) is 23.3 Å². The molecule has 4 heteroatoms. The first-order valence-corrected chi connectivity index (χ1v) is 4.25. The van der Waals surface area contributed by atoms with Crippen LogP contribution in [-0.2, 0) is 11.2 Å². The highest BCUT2D eigenvalue weighted by molar-refractivity contribution is 6.09. The van der Waals surface area contributed by atoms with Gasteiger partial charge in [-0.1, -0.05) is 0 Å². The summed E-state index contributed by atoms with van der Waals surface area (Å²) in [6.45, 7) is 1.43. The molecule has 1 aliphatic heterocycles. The normalized spacial score (nSPS) is 13.6. The van der Waals surface area contributed by atoms with E-state index in [-0.39, 0.29) is 23.9 Å². The first-order valence-electron chi connectivity index (χ1n) is 4.25. The summed E-state index contributed by atoms with van der Waals surface area (Å²) >= 11 is 0. The van der Waals surface area contributed by atoms with E-state index in [1.165, 1.54) is 19.1 Å². The molecule has 1 heterocycles. The number of carbonyl (C=O) groups excluding carboxylic acids is 2. The molecule has 1 aromatic rings. The van der Waals surface area contributed by atoms with Crippen molar-refractivity contribution in [2.24, 2.45) is 0 Å². The zero-order chi connectivity index (χ0) is 10.3. The molecule has 2 rings (SSSR count). The number of hydrogen-bond donors (Lipinski definition) is 2. The van der Waals surface area contributed by atoms with Gasteiger partial charge in [-0.15, -0.1) is 0 Å². The molecular formula is C10H9NO3. The van der Waals surface area contributed by atoms with Crippen molar-refractivity contribution in [1.82, 2.24) is 0 Å². The van der Waals surface area contributed by atoms with E-state index in [4.69, 9.17) is 0 Å². The third-order valence-electron chi connectivity index (χ3n) is 2.27. The quantitative estimate of drug-likeness (QED) is 0.653. The Balaban J connectivity index is 2.64. The summed E-state index contributed by atoms with van der Waals surface area (Å²) in [5, 5.41) is 12.0. The molecule has 0 radical (unpaired) electrons. The van der Waals surface area contributed by atoms with Gasteiger partial charge in [0.05, 0.1) is 12.1 Å². The smallest absolute Gasteiger partial charge is 0.229 e. The van der Waals surface area contributed by atoms with Gasteiger partial charge in [0, 0.05) is 11.1 Å². The van der Waals surface area contributed by atoms with Gasteiger partial charge in [-0.25, -0.2) is 0 Å². The van der Waals surface area contributed by atoms with E-state index in [0.29, 0.717) is 16.8 Å². The molecule has 1 amide bonds. The lowest BCUT2D eigenvalue weighted by atomic mass is 10.0. The summed E-state index contributed by atoms with van der Waals surface area (Å²) in [6.07, 6.45) is 0.141. The van der Waals surface area contributed by atoms with Crippen molar-refractivity contribution in [2.75, 3.05) is 5.32 Å². The number of aromatic hydroxyl groups is 1. The van der Waals surface area contributed by atoms with Crippen LogP contribution in [0.4, 0.5) is 5.69 Å². The minimum Gasteiger partial charge on any atom is -0.508 e. The molecule has 0 bridgehead atoms. The van der Waals surface area contributed by atoms with Crippen molar-refractivity contribution in [2.45, 2.75) is 13.3 Å². The van der Waals surface area contributed by atoms with Crippen molar-refractivity contribution in [1.29, 1.82) is 0 Å². The highest BCUT2D eigenvalue weighted by Crippen LogP contribution is 2.34. The average Bonchev–Trinajstić information content (AvgIpc) is 2.47. The third-order valence-corrected chi connectivity index (χ3v) is 2.27. The van der Waals surface area contributed by atoms with Crippen LogP contribution in [0.5, 0.6) is 5.75 Å². The van der Waals surface area contributed by atoms with E-state index < -0.39 is 0 Å². The second-order valence-corrected chi connectivity index (χ2v) is 3.27. The molecule has 72 valence electrons. The molecule has 0 aliphatic carbocycles. The molecule has 1 aromatic carbocycles. The summed E-state index contributed by atoms with van der Waals surface area (Å²) < 4.78 is 0. The first kappa shape index (κ1) is 8.74. The van der Waals surface area contributed by atoms with Crippen LogP contribution in [0.2, 0.25) is 0 Å². The Morgan fingerprint density at radius 3 is 2.86 bits per heavy atom. The van der Waals surface area contributed by atoms with Gasteiger partial charge in [0.1, 0.15) is 5.75 Å². The van der Waals surface area contributed by atoms with Crippen LogP contribution in [-0.4, -0.2) is 16.8 Å². The van der Waals surface area contributed by atoms with Gasteiger partial charge in [-0.2, -0.15) is 0 Å². The summed E-state index contributed by atoms with van der Waals surface area (Å²) in [6, 6.07) is 2.96. The predicted molar refractivity (Wildman–Crippen MR) is 50.4 cm³/mol. The van der Waals surface area contributed by atoms with Gasteiger partial charge in [0.25, 0.3) is 0 Å². The molecule has 0 unspecified atom stereocenters. The number of phenolic OH excluding ortho intramolecular Hbond substituents is 1. The number of Topliss-reactive ketones (excluding diaryl/α,β-unsaturated/α-hetero) is 1. The highest BCUT2D eigenvalue weighted by atomic mass is 16.3. The number of rotatable bonds is 1. The first-order chi connectivity index (χ1) is 6.59. The molecule has 0 saturated carbocycles. The summed E-state index contributed by atoms with van der Waals surface area (Å²) in [7, 11) is 0. The number of carbonyl (C=O) groups is 2. The van der Waals surface area contributed by atoms with Gasteiger partial charge in [-0.3, -0.25) is 9.59 Å². The third kappa shape index (κ3) is 1.16. The number of anilines is 1. The zero-order valence-electron chi connectivity index (χ0n) is 7.63. The van der Waals surface area contributed by atoms with Gasteiger partial charge in [0.2, 0.25) is 5.91 Å². The molecule has 0 aromatic heterocycles. The van der Waals surface area contributed by atoms with Gasteiger partial charge in [0.15, 0.2) is 5.78 Å². The molecule has 14 heavy (non-hydrogen) atoms. The van der Waals surface area contributed by atoms with Crippen LogP contribution >= 0.6 is 0 Å². The average molecular weight is 191 g/mol. The Morgan fingerprint density at radius 2 is 2.21 bits per heavy atom. The number of ketones is 1. The number of amides is 1. The fourth-order valence-electron chi connectivity index (χ4n) is 1.60. The second kappa shape index (κ2) is 2.83. The van der Waals surface area contributed by atoms with Crippen molar-refractivity contribution < 1.29 is 14.7 Å². The minimum atomic E-state index is -0.191. The molecule has 0 spiro atoms. The van der Waals surface area contributed by atoms with Crippen molar-refractivity contribution >= 4 is 17.4 Å². The van der Waals surface area contributed by atoms with Gasteiger partial charge in [-0.05, 0) is 19.1 Å².